The summed E-state index contributed by atoms with van der Waals surface area (Å²) in [6.45, 7) is 0. The van der Waals surface area contributed by atoms with E-state index in [4.69, 9.17) is 19.6 Å². The summed E-state index contributed by atoms with van der Waals surface area (Å²) in [6, 6.07) is 14.5. The van der Waals surface area contributed by atoms with Crippen LogP contribution in [0.3, 0.4) is 0 Å². The summed E-state index contributed by atoms with van der Waals surface area (Å²) in [6.07, 6.45) is 0. The van der Waals surface area contributed by atoms with E-state index in [2.05, 4.69) is 16.3 Å². The molecule has 0 saturated carbocycles. The fourth-order valence-electron chi connectivity index (χ4n) is 3.56. The predicted molar refractivity (Wildman–Crippen MR) is 105 cm³/mol. The Kier molecular flexibility index (Phi) is 4.56. The minimum Gasteiger partial charge on any atom is -0.504 e. The van der Waals surface area contributed by atoms with Crippen molar-refractivity contribution in [3.8, 4) is 40.5 Å². The van der Waals surface area contributed by atoms with Crippen LogP contribution in [0.1, 0.15) is 17.0 Å². The zero-order chi connectivity index (χ0) is 20.5. The van der Waals surface area contributed by atoms with Crippen LogP contribution in [0.2, 0.25) is 0 Å². The molecule has 0 saturated heterocycles. The Morgan fingerprint density at radius 2 is 1.93 bits per heavy atom. The molecule has 0 bridgehead atoms. The minimum absolute atomic E-state index is 0.0456. The number of ether oxygens (including phenoxy) is 3. The van der Waals surface area contributed by atoms with Gasteiger partial charge in [-0.1, -0.05) is 6.07 Å². The Hall–Kier alpha value is -3.99. The standard InChI is InChI=1S/C21H18N4O4/c1-27-13-6-3-11(4-7-13)19-18-17(12-5-8-16(28-2)15(26)9-12)14(10-22)20(23)29-21(18)25-24-19/h3-9,14,17,23,26H,1-2H3,(H,24,25). The van der Waals surface area contributed by atoms with Crippen LogP contribution in [0, 0.1) is 22.7 Å². The van der Waals surface area contributed by atoms with E-state index >= 15 is 0 Å². The fourth-order valence-corrected chi connectivity index (χ4v) is 3.56. The van der Waals surface area contributed by atoms with Crippen molar-refractivity contribution in [1.29, 1.82) is 10.7 Å². The molecule has 1 aliphatic rings. The van der Waals surface area contributed by atoms with Gasteiger partial charge in [0, 0.05) is 11.5 Å². The summed E-state index contributed by atoms with van der Waals surface area (Å²) in [5, 5.41) is 35.3. The van der Waals surface area contributed by atoms with Gasteiger partial charge in [0.25, 0.3) is 0 Å². The second-order valence-electron chi connectivity index (χ2n) is 6.53. The zero-order valence-corrected chi connectivity index (χ0v) is 15.8. The average Bonchev–Trinajstić information content (AvgIpc) is 3.16. The fraction of sp³-hybridized carbons (Fsp3) is 0.190. The van der Waals surface area contributed by atoms with Crippen molar-refractivity contribution in [2.75, 3.05) is 14.2 Å². The summed E-state index contributed by atoms with van der Waals surface area (Å²) < 4.78 is 15.8. The van der Waals surface area contributed by atoms with E-state index in [9.17, 15) is 10.4 Å². The first-order valence-corrected chi connectivity index (χ1v) is 8.82. The first-order chi connectivity index (χ1) is 14.1. The zero-order valence-electron chi connectivity index (χ0n) is 15.8. The molecule has 3 aromatic rings. The van der Waals surface area contributed by atoms with Crippen LogP contribution in [0.5, 0.6) is 23.1 Å². The number of fused-ring (bicyclic) bond motifs is 1. The van der Waals surface area contributed by atoms with Gasteiger partial charge in [-0.05, 0) is 42.0 Å². The number of hydrogen-bond donors (Lipinski definition) is 3. The van der Waals surface area contributed by atoms with Crippen LogP contribution in [0.4, 0.5) is 0 Å². The summed E-state index contributed by atoms with van der Waals surface area (Å²) in [5.41, 5.74) is 2.81. The van der Waals surface area contributed by atoms with Gasteiger partial charge in [-0.3, -0.25) is 10.5 Å². The molecule has 8 nitrogen and oxygen atoms in total. The van der Waals surface area contributed by atoms with Gasteiger partial charge in [0.15, 0.2) is 11.5 Å². The molecule has 1 aliphatic heterocycles. The highest BCUT2D eigenvalue weighted by molar-refractivity contribution is 5.86. The lowest BCUT2D eigenvalue weighted by Crippen LogP contribution is -2.30. The highest BCUT2D eigenvalue weighted by Crippen LogP contribution is 2.47. The number of benzene rings is 2. The Morgan fingerprint density at radius 1 is 1.17 bits per heavy atom. The van der Waals surface area contributed by atoms with Crippen LogP contribution >= 0.6 is 0 Å². The maximum atomic E-state index is 10.3. The lowest BCUT2D eigenvalue weighted by molar-refractivity contribution is 0.372. The van der Waals surface area contributed by atoms with Crippen LogP contribution < -0.4 is 14.2 Å². The number of H-pyrrole nitrogens is 1. The van der Waals surface area contributed by atoms with Crippen molar-refractivity contribution in [3.63, 3.8) is 0 Å². The molecular weight excluding hydrogens is 372 g/mol. The van der Waals surface area contributed by atoms with Gasteiger partial charge in [0.1, 0.15) is 11.7 Å². The highest BCUT2D eigenvalue weighted by Gasteiger charge is 2.41. The number of rotatable bonds is 4. The molecule has 0 amide bonds. The molecule has 146 valence electrons. The van der Waals surface area contributed by atoms with Crippen molar-refractivity contribution in [1.82, 2.24) is 10.2 Å². The quantitative estimate of drug-likeness (QED) is 0.627. The van der Waals surface area contributed by atoms with Crippen molar-refractivity contribution >= 4 is 5.90 Å². The molecule has 4 rings (SSSR count). The number of methoxy groups -OCH3 is 2. The number of hydrogen-bond acceptors (Lipinski definition) is 7. The first kappa shape index (κ1) is 18.4. The number of nitrogens with one attached hydrogen (secondary N) is 2. The molecule has 2 aromatic carbocycles. The molecule has 2 heterocycles. The molecular formula is C21H18N4O4. The Labute approximate surface area is 166 Å². The Balaban J connectivity index is 1.89. The molecule has 2 atom stereocenters. The maximum absolute atomic E-state index is 10.3. The molecule has 29 heavy (non-hydrogen) atoms. The molecule has 2 unspecified atom stereocenters. The molecule has 0 radical (unpaired) electrons. The van der Waals surface area contributed by atoms with Crippen LogP contribution in [0.25, 0.3) is 11.3 Å². The Bertz CT molecular complexity index is 1110. The van der Waals surface area contributed by atoms with E-state index in [1.54, 1.807) is 25.3 Å². The summed E-state index contributed by atoms with van der Waals surface area (Å²) in [5.74, 6) is -0.371. The lowest BCUT2D eigenvalue weighted by Gasteiger charge is -2.28. The molecule has 8 heteroatoms. The normalized spacial score (nSPS) is 17.8. The molecule has 0 fully saturated rings. The van der Waals surface area contributed by atoms with Crippen LogP contribution in [-0.4, -0.2) is 35.4 Å². The molecule has 3 N–H and O–H groups in total. The third-order valence-electron chi connectivity index (χ3n) is 4.98. The van der Waals surface area contributed by atoms with Crippen molar-refractivity contribution in [3.05, 3.63) is 53.6 Å². The predicted octanol–water partition coefficient (Wildman–Crippen LogP) is 3.44. The van der Waals surface area contributed by atoms with Gasteiger partial charge in [0.2, 0.25) is 11.8 Å². The monoisotopic (exact) mass is 390 g/mol. The largest absolute Gasteiger partial charge is 0.504 e. The Morgan fingerprint density at radius 3 is 2.55 bits per heavy atom. The van der Waals surface area contributed by atoms with Gasteiger partial charge >= 0.3 is 0 Å². The number of aromatic nitrogens is 2. The average molecular weight is 390 g/mol. The van der Waals surface area contributed by atoms with Gasteiger partial charge in [-0.25, -0.2) is 0 Å². The third kappa shape index (κ3) is 3.02. The number of phenolic OH excluding ortho intramolecular Hbond substituents is 1. The van der Waals surface area contributed by atoms with Crippen LogP contribution in [-0.2, 0) is 0 Å². The van der Waals surface area contributed by atoms with Crippen molar-refractivity contribution in [2.24, 2.45) is 5.92 Å². The maximum Gasteiger partial charge on any atom is 0.244 e. The number of aromatic amines is 1. The number of phenols is 1. The smallest absolute Gasteiger partial charge is 0.244 e. The summed E-state index contributed by atoms with van der Waals surface area (Å²) in [7, 11) is 3.06. The van der Waals surface area contributed by atoms with E-state index < -0.39 is 11.8 Å². The SMILES string of the molecule is COc1ccc(-c2[nH]nc3c2C(c2ccc(OC)c(O)c2)C(C#N)C(=N)O3)cc1. The van der Waals surface area contributed by atoms with Gasteiger partial charge in [0.05, 0.1) is 31.5 Å². The second kappa shape index (κ2) is 7.20. The molecule has 1 aromatic heterocycles. The van der Waals surface area contributed by atoms with Crippen LogP contribution in [0.15, 0.2) is 42.5 Å². The van der Waals surface area contributed by atoms with E-state index in [0.29, 0.717) is 28.3 Å². The summed E-state index contributed by atoms with van der Waals surface area (Å²) >= 11 is 0. The summed E-state index contributed by atoms with van der Waals surface area (Å²) in [4.78, 5) is 0. The third-order valence-corrected chi connectivity index (χ3v) is 4.98. The highest BCUT2D eigenvalue weighted by atomic mass is 16.5. The van der Waals surface area contributed by atoms with E-state index in [0.717, 1.165) is 5.56 Å². The van der Waals surface area contributed by atoms with E-state index in [-0.39, 0.29) is 17.5 Å². The van der Waals surface area contributed by atoms with Gasteiger partial charge in [-0.15, -0.1) is 5.10 Å². The number of aromatic hydroxyl groups is 1. The van der Waals surface area contributed by atoms with Crippen molar-refractivity contribution < 1.29 is 19.3 Å². The van der Waals surface area contributed by atoms with Crippen molar-refractivity contribution in [2.45, 2.75) is 5.92 Å². The number of nitrogens with zero attached hydrogens (tertiary/aromatic N) is 2. The first-order valence-electron chi connectivity index (χ1n) is 8.82. The number of nitriles is 1. The molecule has 0 aliphatic carbocycles. The topological polar surface area (TPSA) is 124 Å². The minimum atomic E-state index is -0.870. The van der Waals surface area contributed by atoms with Gasteiger partial charge < -0.3 is 19.3 Å². The van der Waals surface area contributed by atoms with Gasteiger partial charge in [-0.2, -0.15) is 5.26 Å². The lowest BCUT2D eigenvalue weighted by atomic mass is 9.78. The second-order valence-corrected chi connectivity index (χ2v) is 6.53. The van der Waals surface area contributed by atoms with E-state index in [1.165, 1.54) is 7.11 Å². The van der Waals surface area contributed by atoms with E-state index in [1.807, 2.05) is 24.3 Å². The molecule has 0 spiro atoms.